The second kappa shape index (κ2) is 16.8. The first-order valence-corrected chi connectivity index (χ1v) is 13.3. The number of hydrogen-bond acceptors (Lipinski definition) is 5. The van der Waals surface area contributed by atoms with Gasteiger partial charge in [0, 0.05) is 27.0 Å². The number of ether oxygens (including phenoxy) is 3. The highest BCUT2D eigenvalue weighted by atomic mass is 16.5. The Balaban J connectivity index is 2.83. The van der Waals surface area contributed by atoms with E-state index < -0.39 is 12.2 Å². The van der Waals surface area contributed by atoms with Crippen molar-refractivity contribution in [3.8, 4) is 0 Å². The second-order valence-corrected chi connectivity index (χ2v) is 9.87. The quantitative estimate of drug-likeness (QED) is 0.153. The number of aliphatic hydroxyl groups is 1. The van der Waals surface area contributed by atoms with Crippen molar-refractivity contribution < 1.29 is 19.3 Å². The summed E-state index contributed by atoms with van der Waals surface area (Å²) in [6.07, 6.45) is 10.3. The lowest BCUT2D eigenvalue weighted by molar-refractivity contribution is -0.0387. The zero-order valence-corrected chi connectivity index (χ0v) is 24.2. The van der Waals surface area contributed by atoms with Crippen molar-refractivity contribution >= 4 is 5.69 Å². The molecule has 4 unspecified atom stereocenters. The third-order valence-corrected chi connectivity index (χ3v) is 7.01. The van der Waals surface area contributed by atoms with Crippen LogP contribution in [0, 0.1) is 6.92 Å². The van der Waals surface area contributed by atoms with E-state index in [4.69, 9.17) is 19.9 Å². The molecule has 0 aliphatic heterocycles. The van der Waals surface area contributed by atoms with Gasteiger partial charge < -0.3 is 25.1 Å². The van der Waals surface area contributed by atoms with Gasteiger partial charge in [0.2, 0.25) is 0 Å². The van der Waals surface area contributed by atoms with E-state index in [9.17, 15) is 5.11 Å². The fourth-order valence-corrected chi connectivity index (χ4v) is 4.69. The van der Waals surface area contributed by atoms with Crippen LogP contribution in [0.15, 0.2) is 47.1 Å². The van der Waals surface area contributed by atoms with E-state index in [0.29, 0.717) is 6.42 Å². The molecule has 0 aromatic heterocycles. The van der Waals surface area contributed by atoms with Crippen LogP contribution in [0.2, 0.25) is 0 Å². The first kappa shape index (κ1) is 32.1. The van der Waals surface area contributed by atoms with Crippen molar-refractivity contribution in [2.24, 2.45) is 0 Å². The SMILES string of the molecule is CC/C(C)=C/C(C)=C\C(OC)C(O)/C(C)=C/CC(OC)C(CCCc1cc(C)cc(N)c1CC)OC. The van der Waals surface area contributed by atoms with Crippen LogP contribution in [0.3, 0.4) is 0 Å². The average Bonchev–Trinajstić information content (AvgIpc) is 2.85. The molecule has 3 N–H and O–H groups in total. The third kappa shape index (κ3) is 10.2. The summed E-state index contributed by atoms with van der Waals surface area (Å²) in [5, 5.41) is 10.9. The van der Waals surface area contributed by atoms with Gasteiger partial charge in [-0.1, -0.05) is 49.3 Å². The molecular weight excluding hydrogens is 450 g/mol. The molecule has 5 nitrogen and oxygen atoms in total. The lowest BCUT2D eigenvalue weighted by Gasteiger charge is -2.25. The molecule has 0 aliphatic carbocycles. The lowest BCUT2D eigenvalue weighted by atomic mass is 9.94. The van der Waals surface area contributed by atoms with Gasteiger partial charge in [0.1, 0.15) is 12.2 Å². The largest absolute Gasteiger partial charge is 0.398 e. The van der Waals surface area contributed by atoms with E-state index in [-0.39, 0.29) is 12.2 Å². The maximum Gasteiger partial charge on any atom is 0.105 e. The van der Waals surface area contributed by atoms with Crippen LogP contribution in [0.5, 0.6) is 0 Å². The monoisotopic (exact) mass is 501 g/mol. The Labute approximate surface area is 220 Å². The van der Waals surface area contributed by atoms with E-state index in [0.717, 1.165) is 48.9 Å². The molecule has 0 fully saturated rings. The van der Waals surface area contributed by atoms with E-state index in [1.165, 1.54) is 22.3 Å². The summed E-state index contributed by atoms with van der Waals surface area (Å²) in [5.74, 6) is 0. The number of benzene rings is 1. The van der Waals surface area contributed by atoms with Crippen LogP contribution < -0.4 is 5.73 Å². The molecule has 0 saturated carbocycles. The van der Waals surface area contributed by atoms with Crippen molar-refractivity contribution in [1.82, 2.24) is 0 Å². The molecular formula is C31H51NO4. The Bertz CT molecular complexity index is 887. The van der Waals surface area contributed by atoms with E-state index in [1.807, 2.05) is 26.0 Å². The van der Waals surface area contributed by atoms with Gasteiger partial charge in [-0.05, 0) is 94.5 Å². The Morgan fingerprint density at radius 2 is 1.69 bits per heavy atom. The Morgan fingerprint density at radius 1 is 1.03 bits per heavy atom. The molecule has 0 heterocycles. The summed E-state index contributed by atoms with van der Waals surface area (Å²) in [6.45, 7) is 12.5. The van der Waals surface area contributed by atoms with Crippen LogP contribution in [0.4, 0.5) is 5.69 Å². The predicted molar refractivity (Wildman–Crippen MR) is 152 cm³/mol. The van der Waals surface area contributed by atoms with Gasteiger partial charge in [-0.15, -0.1) is 0 Å². The van der Waals surface area contributed by atoms with E-state index >= 15 is 0 Å². The van der Waals surface area contributed by atoms with Crippen LogP contribution >= 0.6 is 0 Å². The summed E-state index contributed by atoms with van der Waals surface area (Å²) < 4.78 is 17.2. The molecule has 0 bridgehead atoms. The second-order valence-electron chi connectivity index (χ2n) is 9.87. The van der Waals surface area contributed by atoms with Crippen molar-refractivity contribution in [3.05, 3.63) is 63.8 Å². The average molecular weight is 502 g/mol. The Hall–Kier alpha value is -1.92. The minimum Gasteiger partial charge on any atom is -0.398 e. The molecule has 204 valence electrons. The van der Waals surface area contributed by atoms with Crippen molar-refractivity contribution in [2.75, 3.05) is 27.1 Å². The lowest BCUT2D eigenvalue weighted by Crippen LogP contribution is -2.31. The molecule has 1 aromatic rings. The first-order valence-electron chi connectivity index (χ1n) is 13.3. The number of aryl methyl sites for hydroxylation is 2. The molecule has 5 heteroatoms. The number of anilines is 1. The van der Waals surface area contributed by atoms with Gasteiger partial charge in [0.25, 0.3) is 0 Å². The normalized spacial score (nSPS) is 16.7. The van der Waals surface area contributed by atoms with Crippen LogP contribution in [-0.2, 0) is 27.1 Å². The number of methoxy groups -OCH3 is 3. The number of hydrogen-bond donors (Lipinski definition) is 2. The van der Waals surface area contributed by atoms with E-state index in [1.54, 1.807) is 21.3 Å². The maximum absolute atomic E-state index is 10.9. The number of nitrogen functional groups attached to an aromatic ring is 1. The zero-order valence-electron chi connectivity index (χ0n) is 24.2. The van der Waals surface area contributed by atoms with Gasteiger partial charge in [0.05, 0.1) is 12.2 Å². The number of allylic oxidation sites excluding steroid dienone is 3. The minimum absolute atomic E-state index is 0.0362. The molecule has 1 rings (SSSR count). The maximum atomic E-state index is 10.9. The third-order valence-electron chi connectivity index (χ3n) is 7.01. The van der Waals surface area contributed by atoms with Crippen molar-refractivity contribution in [2.45, 2.75) is 104 Å². The van der Waals surface area contributed by atoms with Crippen LogP contribution in [0.25, 0.3) is 0 Å². The standard InChI is InChI=1S/C31H51NO4/c1-10-21(3)17-22(4)20-30(36-9)31(33)24(6)15-16-29(35-8)28(34-7)14-12-13-25-18-23(5)19-27(32)26(25)11-2/h15,17-20,28-31,33H,10-14,16,32H2,1-9H3/b21-17+,22-20-,24-15+. The Morgan fingerprint density at radius 3 is 2.25 bits per heavy atom. The number of nitrogens with two attached hydrogens (primary N) is 1. The summed E-state index contributed by atoms with van der Waals surface area (Å²) in [7, 11) is 5.09. The highest BCUT2D eigenvalue weighted by Crippen LogP contribution is 2.24. The number of aliphatic hydroxyl groups excluding tert-OH is 1. The van der Waals surface area contributed by atoms with E-state index in [2.05, 4.69) is 45.9 Å². The summed E-state index contributed by atoms with van der Waals surface area (Å²) >= 11 is 0. The molecule has 0 spiro atoms. The molecule has 0 aliphatic rings. The zero-order chi connectivity index (χ0) is 27.3. The smallest absolute Gasteiger partial charge is 0.105 e. The predicted octanol–water partition coefficient (Wildman–Crippen LogP) is 6.51. The van der Waals surface area contributed by atoms with Gasteiger partial charge in [0.15, 0.2) is 0 Å². The highest BCUT2D eigenvalue weighted by molar-refractivity contribution is 5.53. The fourth-order valence-electron chi connectivity index (χ4n) is 4.69. The first-order chi connectivity index (χ1) is 17.1. The van der Waals surface area contributed by atoms with Gasteiger partial charge in [-0.25, -0.2) is 0 Å². The molecule has 1 aromatic carbocycles. The van der Waals surface area contributed by atoms with Crippen LogP contribution in [-0.4, -0.2) is 50.9 Å². The van der Waals surface area contributed by atoms with Crippen LogP contribution in [0.1, 0.15) is 77.0 Å². The van der Waals surface area contributed by atoms with Gasteiger partial charge >= 0.3 is 0 Å². The molecule has 0 radical (unpaired) electrons. The van der Waals surface area contributed by atoms with Crippen molar-refractivity contribution in [3.63, 3.8) is 0 Å². The molecule has 0 amide bonds. The molecule has 36 heavy (non-hydrogen) atoms. The summed E-state index contributed by atoms with van der Waals surface area (Å²) in [5.41, 5.74) is 14.2. The molecule has 4 atom stereocenters. The van der Waals surface area contributed by atoms with Crippen molar-refractivity contribution in [1.29, 1.82) is 0 Å². The highest BCUT2D eigenvalue weighted by Gasteiger charge is 2.22. The fraction of sp³-hybridized carbons (Fsp3) is 0.613. The number of rotatable bonds is 16. The van der Waals surface area contributed by atoms with Gasteiger partial charge in [-0.2, -0.15) is 0 Å². The van der Waals surface area contributed by atoms with Gasteiger partial charge in [-0.3, -0.25) is 0 Å². The topological polar surface area (TPSA) is 73.9 Å². The minimum atomic E-state index is -0.724. The molecule has 0 saturated heterocycles. The summed E-state index contributed by atoms with van der Waals surface area (Å²) in [6, 6.07) is 4.30. The summed E-state index contributed by atoms with van der Waals surface area (Å²) in [4.78, 5) is 0. The Kier molecular flexibility index (Phi) is 14.9.